The number of rotatable bonds is 6. The highest BCUT2D eigenvalue weighted by molar-refractivity contribution is 9.09. The fourth-order valence-corrected chi connectivity index (χ4v) is 3.98. The molecule has 0 saturated carbocycles. The molecule has 19 heavy (non-hydrogen) atoms. The lowest BCUT2D eigenvalue weighted by Crippen LogP contribution is -2.28. The minimum absolute atomic E-state index is 0.140. The van der Waals surface area contributed by atoms with Crippen LogP contribution in [0.3, 0.4) is 0 Å². The first-order valence-electron chi connectivity index (χ1n) is 6.19. The van der Waals surface area contributed by atoms with Gasteiger partial charge in [-0.1, -0.05) is 57.0 Å². The molecule has 2 aromatic rings. The predicted octanol–water partition coefficient (Wildman–Crippen LogP) is 3.39. The van der Waals surface area contributed by atoms with E-state index in [1.807, 2.05) is 35.0 Å². The lowest BCUT2D eigenvalue weighted by atomic mass is 9.86. The van der Waals surface area contributed by atoms with Crippen LogP contribution in [-0.4, -0.2) is 30.9 Å². The standard InChI is InChI=1S/C13H16Br2N4/c1-2-13(9-14,10-15)8-12-16-17-18-19(12)11-6-4-3-5-7-11/h3-7H,2,8-10H2,1H3. The molecule has 2 rings (SSSR count). The second-order valence-electron chi connectivity index (χ2n) is 4.64. The first-order chi connectivity index (χ1) is 9.24. The zero-order chi connectivity index (χ0) is 13.7. The van der Waals surface area contributed by atoms with Gasteiger partial charge in [0.15, 0.2) is 5.82 Å². The van der Waals surface area contributed by atoms with Crippen molar-refractivity contribution >= 4 is 31.9 Å². The van der Waals surface area contributed by atoms with E-state index in [0.29, 0.717) is 0 Å². The van der Waals surface area contributed by atoms with Crippen molar-refractivity contribution in [2.75, 3.05) is 10.7 Å². The fourth-order valence-electron chi connectivity index (χ4n) is 1.87. The number of hydrogen-bond acceptors (Lipinski definition) is 3. The van der Waals surface area contributed by atoms with E-state index >= 15 is 0 Å². The number of halogens is 2. The van der Waals surface area contributed by atoms with Gasteiger partial charge in [-0.2, -0.15) is 4.68 Å². The van der Waals surface area contributed by atoms with E-state index in [2.05, 4.69) is 54.3 Å². The number of hydrogen-bond donors (Lipinski definition) is 0. The lowest BCUT2D eigenvalue weighted by Gasteiger charge is -2.27. The third-order valence-electron chi connectivity index (χ3n) is 3.38. The maximum atomic E-state index is 4.18. The summed E-state index contributed by atoms with van der Waals surface area (Å²) in [5.74, 6) is 0.895. The van der Waals surface area contributed by atoms with Crippen molar-refractivity contribution in [3.63, 3.8) is 0 Å². The van der Waals surface area contributed by atoms with E-state index in [9.17, 15) is 0 Å². The number of nitrogens with zero attached hydrogens (tertiary/aromatic N) is 4. The summed E-state index contributed by atoms with van der Waals surface area (Å²) < 4.78 is 1.82. The molecule has 0 fully saturated rings. The molecule has 0 aliphatic rings. The Labute approximate surface area is 129 Å². The van der Waals surface area contributed by atoms with Crippen LogP contribution in [0.4, 0.5) is 0 Å². The van der Waals surface area contributed by atoms with Crippen molar-refractivity contribution in [1.29, 1.82) is 0 Å². The average molecular weight is 388 g/mol. The van der Waals surface area contributed by atoms with Crippen LogP contribution in [0.1, 0.15) is 19.2 Å². The number of para-hydroxylation sites is 1. The Balaban J connectivity index is 2.30. The van der Waals surface area contributed by atoms with Crippen LogP contribution in [0.25, 0.3) is 5.69 Å². The molecule has 0 amide bonds. The minimum Gasteiger partial charge on any atom is -0.197 e. The van der Waals surface area contributed by atoms with Crippen molar-refractivity contribution < 1.29 is 0 Å². The van der Waals surface area contributed by atoms with Crippen molar-refractivity contribution in [3.8, 4) is 5.69 Å². The van der Waals surface area contributed by atoms with E-state index in [4.69, 9.17) is 0 Å². The predicted molar refractivity (Wildman–Crippen MR) is 83.2 cm³/mol. The highest BCUT2D eigenvalue weighted by Crippen LogP contribution is 2.31. The van der Waals surface area contributed by atoms with Crippen LogP contribution in [-0.2, 0) is 6.42 Å². The number of tetrazole rings is 1. The van der Waals surface area contributed by atoms with Crippen LogP contribution in [0.15, 0.2) is 30.3 Å². The molecule has 0 aliphatic carbocycles. The Kier molecular flexibility index (Phi) is 5.10. The smallest absolute Gasteiger partial charge is 0.157 e. The molecular formula is C13H16Br2N4. The summed E-state index contributed by atoms with van der Waals surface area (Å²) in [6.45, 7) is 2.19. The third-order valence-corrected chi connectivity index (χ3v) is 5.76. The van der Waals surface area contributed by atoms with Gasteiger partial charge in [0.25, 0.3) is 0 Å². The van der Waals surface area contributed by atoms with Crippen molar-refractivity contribution in [3.05, 3.63) is 36.2 Å². The van der Waals surface area contributed by atoms with E-state index < -0.39 is 0 Å². The van der Waals surface area contributed by atoms with E-state index in [0.717, 1.165) is 35.0 Å². The van der Waals surface area contributed by atoms with Gasteiger partial charge in [-0.3, -0.25) is 0 Å². The van der Waals surface area contributed by atoms with Crippen molar-refractivity contribution in [2.24, 2.45) is 5.41 Å². The molecule has 0 spiro atoms. The zero-order valence-electron chi connectivity index (χ0n) is 10.8. The first-order valence-corrected chi connectivity index (χ1v) is 8.43. The van der Waals surface area contributed by atoms with Gasteiger partial charge >= 0.3 is 0 Å². The Morgan fingerprint density at radius 2 is 1.84 bits per heavy atom. The molecule has 102 valence electrons. The molecule has 0 bridgehead atoms. The highest BCUT2D eigenvalue weighted by Gasteiger charge is 2.29. The van der Waals surface area contributed by atoms with Gasteiger partial charge in [0, 0.05) is 17.1 Å². The Hall–Kier alpha value is -0.750. The monoisotopic (exact) mass is 386 g/mol. The van der Waals surface area contributed by atoms with Crippen LogP contribution < -0.4 is 0 Å². The number of benzene rings is 1. The Bertz CT molecular complexity index is 500. The largest absolute Gasteiger partial charge is 0.197 e. The summed E-state index contributed by atoms with van der Waals surface area (Å²) in [4.78, 5) is 0. The molecule has 0 N–H and O–H groups in total. The van der Waals surface area contributed by atoms with Crippen molar-refractivity contribution in [1.82, 2.24) is 20.2 Å². The Morgan fingerprint density at radius 1 is 1.16 bits per heavy atom. The molecule has 0 saturated heterocycles. The van der Waals surface area contributed by atoms with Gasteiger partial charge in [0.2, 0.25) is 0 Å². The van der Waals surface area contributed by atoms with Crippen LogP contribution >= 0.6 is 31.9 Å². The molecule has 4 nitrogen and oxygen atoms in total. The molecule has 1 aromatic carbocycles. The summed E-state index contributed by atoms with van der Waals surface area (Å²) >= 11 is 7.22. The molecule has 1 heterocycles. The van der Waals surface area contributed by atoms with Crippen LogP contribution in [0, 0.1) is 5.41 Å². The molecular weight excluding hydrogens is 372 g/mol. The van der Waals surface area contributed by atoms with Crippen molar-refractivity contribution in [2.45, 2.75) is 19.8 Å². The third kappa shape index (κ3) is 3.23. The van der Waals surface area contributed by atoms with Gasteiger partial charge in [0.05, 0.1) is 5.69 Å². The minimum atomic E-state index is 0.140. The van der Waals surface area contributed by atoms with E-state index in [1.54, 1.807) is 0 Å². The molecule has 0 atom stereocenters. The van der Waals surface area contributed by atoms with Gasteiger partial charge in [-0.25, -0.2) is 0 Å². The maximum absolute atomic E-state index is 4.18. The summed E-state index contributed by atoms with van der Waals surface area (Å²) in [6.07, 6.45) is 1.90. The van der Waals surface area contributed by atoms with Gasteiger partial charge in [0.1, 0.15) is 0 Å². The topological polar surface area (TPSA) is 43.6 Å². The molecule has 0 aliphatic heterocycles. The average Bonchev–Trinajstić information content (AvgIpc) is 2.94. The number of aromatic nitrogens is 4. The van der Waals surface area contributed by atoms with Gasteiger partial charge in [-0.15, -0.1) is 5.10 Å². The van der Waals surface area contributed by atoms with E-state index in [1.165, 1.54) is 0 Å². The summed E-state index contributed by atoms with van der Waals surface area (Å²) in [7, 11) is 0. The molecule has 1 aromatic heterocycles. The summed E-state index contributed by atoms with van der Waals surface area (Å²) in [5, 5.41) is 13.9. The lowest BCUT2D eigenvalue weighted by molar-refractivity contribution is 0.361. The van der Waals surface area contributed by atoms with E-state index in [-0.39, 0.29) is 5.41 Å². The second kappa shape index (κ2) is 6.61. The first kappa shape index (κ1) is 14.7. The maximum Gasteiger partial charge on any atom is 0.157 e. The Morgan fingerprint density at radius 3 is 2.42 bits per heavy atom. The molecule has 0 unspecified atom stereocenters. The van der Waals surface area contributed by atoms with Crippen LogP contribution in [0.2, 0.25) is 0 Å². The SMILES string of the molecule is CCC(CBr)(CBr)Cc1nnnn1-c1ccccc1. The zero-order valence-corrected chi connectivity index (χ0v) is 13.9. The molecule has 6 heteroatoms. The summed E-state index contributed by atoms with van der Waals surface area (Å²) in [5.41, 5.74) is 1.14. The normalized spacial score (nSPS) is 11.7. The second-order valence-corrected chi connectivity index (χ2v) is 5.76. The number of alkyl halides is 2. The highest BCUT2D eigenvalue weighted by atomic mass is 79.9. The van der Waals surface area contributed by atoms with Crippen LogP contribution in [0.5, 0.6) is 0 Å². The van der Waals surface area contributed by atoms with Gasteiger partial charge < -0.3 is 0 Å². The summed E-state index contributed by atoms with van der Waals surface area (Å²) in [6, 6.07) is 9.98. The fraction of sp³-hybridized carbons (Fsp3) is 0.462. The molecule has 0 radical (unpaired) electrons. The van der Waals surface area contributed by atoms with Gasteiger partial charge in [-0.05, 0) is 34.4 Å². The quantitative estimate of drug-likeness (QED) is 0.713.